The summed E-state index contributed by atoms with van der Waals surface area (Å²) in [6.45, 7) is 2.32. The number of benzene rings is 1. The number of esters is 1. The summed E-state index contributed by atoms with van der Waals surface area (Å²) in [7, 11) is 3.71. The maximum absolute atomic E-state index is 13.2. The van der Waals surface area contributed by atoms with Crippen LogP contribution >= 0.6 is 12.4 Å². The number of ether oxygens (including phenoxy) is 1. The summed E-state index contributed by atoms with van der Waals surface area (Å²) >= 11 is 0. The van der Waals surface area contributed by atoms with Crippen LogP contribution in [0, 0.1) is 11.6 Å². The Morgan fingerprint density at radius 2 is 1.87 bits per heavy atom. The topological polar surface area (TPSA) is 95.9 Å². The summed E-state index contributed by atoms with van der Waals surface area (Å²) in [4.78, 5) is 30.2. The van der Waals surface area contributed by atoms with E-state index in [4.69, 9.17) is 4.74 Å². The average molecular weight is 442 g/mol. The van der Waals surface area contributed by atoms with E-state index < -0.39 is 23.6 Å². The van der Waals surface area contributed by atoms with Gasteiger partial charge >= 0.3 is 12.0 Å². The summed E-state index contributed by atoms with van der Waals surface area (Å²) in [5, 5.41) is 6.13. The second-order valence-corrected chi connectivity index (χ2v) is 6.26. The number of carbonyl (C=O) groups excluding carboxylic acids is 2. The number of hydrogen-bond donors (Lipinski definition) is 2. The maximum Gasteiger partial charge on any atom is 0.340 e. The van der Waals surface area contributed by atoms with Gasteiger partial charge in [-0.3, -0.25) is 4.98 Å². The number of halogens is 3. The lowest BCUT2D eigenvalue weighted by Crippen LogP contribution is -2.26. The van der Waals surface area contributed by atoms with E-state index in [1.807, 2.05) is 19.0 Å². The lowest BCUT2D eigenvalue weighted by Gasteiger charge is -2.11. The minimum Gasteiger partial charge on any atom is -0.461 e. The average Bonchev–Trinajstić information content (AvgIpc) is 2.65. The van der Waals surface area contributed by atoms with Crippen LogP contribution in [0.2, 0.25) is 0 Å². The van der Waals surface area contributed by atoms with Gasteiger partial charge < -0.3 is 15.0 Å². The van der Waals surface area contributed by atoms with Gasteiger partial charge in [0.15, 0.2) is 0 Å². The summed E-state index contributed by atoms with van der Waals surface area (Å²) < 4.78 is 31.6. The van der Waals surface area contributed by atoms with Gasteiger partial charge in [-0.05, 0) is 45.3 Å². The van der Waals surface area contributed by atoms with E-state index in [1.54, 1.807) is 13.0 Å². The van der Waals surface area contributed by atoms with Crippen molar-refractivity contribution in [1.29, 1.82) is 0 Å². The highest BCUT2D eigenvalue weighted by molar-refractivity contribution is 6.06. The molecule has 2 aromatic rings. The number of amides is 2. The van der Waals surface area contributed by atoms with Crippen LogP contribution in [0.25, 0.3) is 0 Å². The highest BCUT2D eigenvalue weighted by Crippen LogP contribution is 2.13. The highest BCUT2D eigenvalue weighted by atomic mass is 35.5. The molecule has 1 heterocycles. The molecule has 30 heavy (non-hydrogen) atoms. The molecule has 2 N–H and O–H groups in total. The molecule has 0 atom stereocenters. The number of nitrogens with one attached hydrogen (secondary N) is 2. The molecule has 0 fully saturated rings. The lowest BCUT2D eigenvalue weighted by molar-refractivity contribution is 0.0481. The molecule has 0 bridgehead atoms. The molecular weight excluding hydrogens is 420 g/mol. The van der Waals surface area contributed by atoms with Gasteiger partial charge in [0, 0.05) is 24.5 Å². The predicted octanol–water partition coefficient (Wildman–Crippen LogP) is 3.05. The molecule has 0 saturated heterocycles. The molecule has 8 nitrogen and oxygen atoms in total. The zero-order valence-electron chi connectivity index (χ0n) is 16.6. The van der Waals surface area contributed by atoms with Crippen molar-refractivity contribution in [2.75, 3.05) is 32.6 Å². The minimum absolute atomic E-state index is 0. The smallest absolute Gasteiger partial charge is 0.340 e. The first-order valence-corrected chi connectivity index (χ1v) is 8.61. The highest BCUT2D eigenvalue weighted by Gasteiger charge is 2.16. The first-order chi connectivity index (χ1) is 13.8. The van der Waals surface area contributed by atoms with Crippen LogP contribution in [0.1, 0.15) is 23.0 Å². The number of carbonyl (C=O) groups is 2. The standard InChI is InChI=1S/C19H21F2N5O3.ClH/c1-12(24-25-19(28)23-15-10-13(20)9-14(21)11-15)17-16(5-4-6-22-17)18(27)29-8-7-26(2)3;/h4-6,9-11H,7-8H2,1-3H3,(H2,23,25,28);1H. The van der Waals surface area contributed by atoms with Crippen molar-refractivity contribution in [3.05, 3.63) is 59.4 Å². The summed E-state index contributed by atoms with van der Waals surface area (Å²) in [6.07, 6.45) is 1.47. The van der Waals surface area contributed by atoms with Crippen molar-refractivity contribution in [2.24, 2.45) is 5.10 Å². The third-order valence-corrected chi connectivity index (χ3v) is 3.59. The van der Waals surface area contributed by atoms with Crippen LogP contribution < -0.4 is 10.7 Å². The van der Waals surface area contributed by atoms with E-state index in [0.29, 0.717) is 12.6 Å². The molecule has 0 radical (unpaired) electrons. The van der Waals surface area contributed by atoms with E-state index in [9.17, 15) is 18.4 Å². The number of nitrogens with zero attached hydrogens (tertiary/aromatic N) is 3. The molecule has 0 aliphatic carbocycles. The fraction of sp³-hybridized carbons (Fsp3) is 0.263. The van der Waals surface area contributed by atoms with Crippen LogP contribution in [0.15, 0.2) is 41.6 Å². The Morgan fingerprint density at radius 3 is 2.50 bits per heavy atom. The van der Waals surface area contributed by atoms with Crippen molar-refractivity contribution < 1.29 is 23.1 Å². The zero-order chi connectivity index (χ0) is 21.4. The fourth-order valence-electron chi connectivity index (χ4n) is 2.23. The Hall–Kier alpha value is -3.11. The zero-order valence-corrected chi connectivity index (χ0v) is 17.4. The van der Waals surface area contributed by atoms with Gasteiger partial charge in [0.05, 0.1) is 11.3 Å². The van der Waals surface area contributed by atoms with Crippen molar-refractivity contribution in [1.82, 2.24) is 15.3 Å². The summed E-state index contributed by atoms with van der Waals surface area (Å²) in [5.74, 6) is -2.22. The molecule has 1 aromatic carbocycles. The third-order valence-electron chi connectivity index (χ3n) is 3.59. The Kier molecular flexibility index (Phi) is 9.79. The van der Waals surface area contributed by atoms with Crippen LogP contribution in [-0.4, -0.2) is 54.8 Å². The SMILES string of the molecule is CC(=NNC(=O)Nc1cc(F)cc(F)c1)c1ncccc1C(=O)OCCN(C)C.Cl. The Labute approximate surface area is 178 Å². The Bertz CT molecular complexity index is 905. The molecule has 0 spiro atoms. The minimum atomic E-state index is -0.828. The number of likely N-dealkylation sites (N-methyl/N-ethyl adjacent to an activating group) is 1. The largest absolute Gasteiger partial charge is 0.461 e. The number of pyridine rings is 1. The van der Waals surface area contributed by atoms with E-state index in [1.165, 1.54) is 12.3 Å². The molecule has 0 aliphatic rings. The van der Waals surface area contributed by atoms with Crippen molar-refractivity contribution in [3.63, 3.8) is 0 Å². The molecule has 162 valence electrons. The van der Waals surface area contributed by atoms with Crippen molar-refractivity contribution in [3.8, 4) is 0 Å². The first-order valence-electron chi connectivity index (χ1n) is 8.61. The van der Waals surface area contributed by atoms with Gasteiger partial charge in [-0.25, -0.2) is 23.8 Å². The Balaban J connectivity index is 0.00000450. The predicted molar refractivity (Wildman–Crippen MR) is 111 cm³/mol. The number of anilines is 1. The second-order valence-electron chi connectivity index (χ2n) is 6.26. The fourth-order valence-corrected chi connectivity index (χ4v) is 2.23. The van der Waals surface area contributed by atoms with Gasteiger partial charge in [0.2, 0.25) is 0 Å². The molecule has 0 aliphatic heterocycles. The summed E-state index contributed by atoms with van der Waals surface area (Å²) in [5.41, 5.74) is 2.79. The lowest BCUT2D eigenvalue weighted by atomic mass is 10.1. The quantitative estimate of drug-likeness (QED) is 0.391. The van der Waals surface area contributed by atoms with Gasteiger partial charge in [0.1, 0.15) is 23.9 Å². The molecule has 0 unspecified atom stereocenters. The molecule has 2 rings (SSSR count). The van der Waals surface area contributed by atoms with Crippen molar-refractivity contribution in [2.45, 2.75) is 6.92 Å². The van der Waals surface area contributed by atoms with Gasteiger partial charge in [-0.2, -0.15) is 5.10 Å². The van der Waals surface area contributed by atoms with Gasteiger partial charge in [-0.15, -0.1) is 12.4 Å². The van der Waals surface area contributed by atoms with E-state index in [0.717, 1.165) is 12.1 Å². The molecule has 0 saturated carbocycles. The van der Waals surface area contributed by atoms with Crippen LogP contribution in [-0.2, 0) is 4.74 Å². The van der Waals surface area contributed by atoms with E-state index in [-0.39, 0.29) is 41.7 Å². The van der Waals surface area contributed by atoms with Crippen LogP contribution in [0.3, 0.4) is 0 Å². The van der Waals surface area contributed by atoms with E-state index in [2.05, 4.69) is 20.8 Å². The normalized spacial score (nSPS) is 10.9. The number of rotatable bonds is 7. The first kappa shape index (κ1) is 24.9. The molecular formula is C19H22ClF2N5O3. The number of hydrazone groups is 1. The molecule has 2 amide bonds. The maximum atomic E-state index is 13.2. The van der Waals surface area contributed by atoms with Crippen LogP contribution in [0.5, 0.6) is 0 Å². The monoisotopic (exact) mass is 441 g/mol. The van der Waals surface area contributed by atoms with E-state index >= 15 is 0 Å². The number of aromatic nitrogens is 1. The molecule has 1 aromatic heterocycles. The third kappa shape index (κ3) is 7.72. The second kappa shape index (κ2) is 11.8. The number of hydrogen-bond acceptors (Lipinski definition) is 6. The van der Waals surface area contributed by atoms with Crippen LogP contribution in [0.4, 0.5) is 19.3 Å². The van der Waals surface area contributed by atoms with Crippen molar-refractivity contribution >= 4 is 35.8 Å². The van der Waals surface area contributed by atoms with Gasteiger partial charge in [-0.1, -0.05) is 0 Å². The Morgan fingerprint density at radius 1 is 1.20 bits per heavy atom. The molecule has 11 heteroatoms. The number of urea groups is 1. The van der Waals surface area contributed by atoms with Gasteiger partial charge in [0.25, 0.3) is 0 Å². The summed E-state index contributed by atoms with van der Waals surface area (Å²) in [6, 6.07) is 4.90.